The minimum absolute atomic E-state index is 0.00901. The van der Waals surface area contributed by atoms with Crippen molar-refractivity contribution in [2.75, 3.05) is 0 Å². The summed E-state index contributed by atoms with van der Waals surface area (Å²) < 4.78 is 72.0. The molecule has 2 aromatic carbocycles. The Morgan fingerprint density at radius 2 is 1.05 bits per heavy atom. The summed E-state index contributed by atoms with van der Waals surface area (Å²) in [4.78, 5) is -0.135. The van der Waals surface area contributed by atoms with Crippen LogP contribution in [-0.4, -0.2) is 21.4 Å². The Hall–Kier alpha value is 0.290. The Bertz CT molecular complexity index is 1450. The van der Waals surface area contributed by atoms with Gasteiger partial charge in [0.2, 0.25) is 0 Å². The second-order valence-electron chi connectivity index (χ2n) is 11.8. The molecule has 0 aromatic heterocycles. The summed E-state index contributed by atoms with van der Waals surface area (Å²) >= 11 is 5.50. The molecule has 0 atom stereocenters. The summed E-state index contributed by atoms with van der Waals surface area (Å²) in [6.07, 6.45) is 16.4. The third kappa shape index (κ3) is 7.41. The van der Waals surface area contributed by atoms with E-state index in [1.807, 2.05) is 22.6 Å². The molecule has 0 saturated heterocycles. The first kappa shape index (κ1) is 32.7. The fourth-order valence-corrected chi connectivity index (χ4v) is 14.7. The van der Waals surface area contributed by atoms with Crippen molar-refractivity contribution in [3.05, 3.63) is 45.6 Å². The Balaban J connectivity index is 1.70. The molecule has 3 fully saturated rings. The molecule has 2 aromatic rings. The van der Waals surface area contributed by atoms with Crippen LogP contribution in [0.4, 0.5) is 0 Å². The molecule has 0 unspecified atom stereocenters. The molecule has 0 bridgehead atoms. The maximum Gasteiger partial charge on any atom is 0.339 e. The number of halogens is 3. The highest BCUT2D eigenvalue weighted by molar-refractivity contribution is 14.1. The lowest BCUT2D eigenvalue weighted by Gasteiger charge is -2.32. The normalized spacial score (nSPS) is 20.3. The molecule has 41 heavy (non-hydrogen) atoms. The fourth-order valence-electron chi connectivity index (χ4n) is 7.10. The minimum atomic E-state index is -4.84. The molecular formula is C30H36I3O6S2-. The highest BCUT2D eigenvalue weighted by Gasteiger charge is 2.35. The Morgan fingerprint density at radius 1 is 0.610 bits per heavy atom. The van der Waals surface area contributed by atoms with E-state index in [-0.39, 0.29) is 24.7 Å². The Kier molecular flexibility index (Phi) is 10.9. The third-order valence-electron chi connectivity index (χ3n) is 9.11. The van der Waals surface area contributed by atoms with Crippen molar-refractivity contribution in [1.29, 1.82) is 0 Å². The maximum atomic E-state index is 14.5. The lowest BCUT2D eigenvalue weighted by atomic mass is 9.76. The van der Waals surface area contributed by atoms with Gasteiger partial charge in [0.05, 0.1) is 12.0 Å². The summed E-state index contributed by atoms with van der Waals surface area (Å²) in [5.41, 5.74) is 3.06. The first-order chi connectivity index (χ1) is 19.5. The predicted octanol–water partition coefficient (Wildman–Crippen LogP) is 9.32. The van der Waals surface area contributed by atoms with Gasteiger partial charge in [-0.25, -0.2) is 8.42 Å². The highest BCUT2D eigenvalue weighted by Crippen LogP contribution is 2.47. The zero-order chi connectivity index (χ0) is 29.4. The van der Waals surface area contributed by atoms with E-state index in [0.29, 0.717) is 14.4 Å². The van der Waals surface area contributed by atoms with Crippen LogP contribution in [0.25, 0.3) is 0 Å². The Labute approximate surface area is 285 Å². The van der Waals surface area contributed by atoms with E-state index in [1.54, 1.807) is 45.2 Å². The number of benzene rings is 2. The molecule has 0 N–H and O–H groups in total. The van der Waals surface area contributed by atoms with Gasteiger partial charge in [0.25, 0.3) is 0 Å². The second kappa shape index (κ2) is 13.7. The summed E-state index contributed by atoms with van der Waals surface area (Å²) in [5.74, 6) is 0.668. The van der Waals surface area contributed by atoms with Gasteiger partial charge in [0, 0.05) is 3.57 Å². The van der Waals surface area contributed by atoms with E-state index < -0.39 is 25.1 Å². The standard InChI is InChI=1S/C30H37I3O6S2/c31-25-18-26(32)30(40(34,35)36)27(33)28(25)39-41(37,38)29-23(20-12-6-2-7-13-20)16-22(19-10-4-1-5-11-19)17-24(29)21-14-8-3-9-15-21/h16-21H,1-15H2,(H,34,35,36)/p-1. The van der Waals surface area contributed by atoms with Gasteiger partial charge in [-0.1, -0.05) is 69.9 Å². The second-order valence-corrected chi connectivity index (χ2v) is 18.0. The van der Waals surface area contributed by atoms with Gasteiger partial charge in [-0.3, -0.25) is 0 Å². The minimum Gasteiger partial charge on any atom is -0.744 e. The van der Waals surface area contributed by atoms with Crippen LogP contribution in [0, 0.1) is 10.7 Å². The summed E-state index contributed by atoms with van der Waals surface area (Å²) in [5, 5.41) is 0. The highest BCUT2D eigenvalue weighted by atomic mass is 127. The van der Waals surface area contributed by atoms with E-state index in [9.17, 15) is 21.4 Å². The molecule has 0 spiro atoms. The first-order valence-corrected chi connectivity index (χ1v) is 20.8. The molecule has 0 heterocycles. The van der Waals surface area contributed by atoms with Crippen LogP contribution in [0.15, 0.2) is 28.0 Å². The lowest BCUT2D eigenvalue weighted by molar-refractivity contribution is 0.414. The first-order valence-electron chi connectivity index (χ1n) is 14.7. The van der Waals surface area contributed by atoms with Gasteiger partial charge < -0.3 is 8.74 Å². The third-order valence-corrected chi connectivity index (χ3v) is 14.8. The van der Waals surface area contributed by atoms with Crippen molar-refractivity contribution in [1.82, 2.24) is 0 Å². The summed E-state index contributed by atoms with van der Waals surface area (Å²) in [7, 11) is -9.19. The van der Waals surface area contributed by atoms with Gasteiger partial charge in [-0.2, -0.15) is 8.42 Å². The SMILES string of the molecule is O=S(=O)([O-])c1c(I)cc(I)c(OS(=O)(=O)c2c(C3CCCCC3)cc(C3CCCCC3)cc2C2CCCCC2)c1I. The lowest BCUT2D eigenvalue weighted by Crippen LogP contribution is -2.22. The smallest absolute Gasteiger partial charge is 0.339 e. The van der Waals surface area contributed by atoms with Crippen LogP contribution < -0.4 is 4.18 Å². The molecule has 0 radical (unpaired) electrons. The average Bonchev–Trinajstić information content (AvgIpc) is 2.95. The average molecular weight is 937 g/mol. The molecule has 11 heteroatoms. The van der Waals surface area contributed by atoms with E-state index in [0.717, 1.165) is 75.3 Å². The van der Waals surface area contributed by atoms with Crippen molar-refractivity contribution in [3.63, 3.8) is 0 Å². The molecule has 3 aliphatic carbocycles. The number of rotatable bonds is 7. The maximum absolute atomic E-state index is 14.5. The zero-order valence-electron chi connectivity index (χ0n) is 23.0. The van der Waals surface area contributed by atoms with Crippen LogP contribution in [0.2, 0.25) is 0 Å². The zero-order valence-corrected chi connectivity index (χ0v) is 31.1. The topological polar surface area (TPSA) is 101 Å². The molecular weight excluding hydrogens is 901 g/mol. The van der Waals surface area contributed by atoms with E-state index in [4.69, 9.17) is 4.18 Å². The molecule has 6 nitrogen and oxygen atoms in total. The monoisotopic (exact) mass is 937 g/mol. The molecule has 0 aliphatic heterocycles. The van der Waals surface area contributed by atoms with E-state index >= 15 is 0 Å². The number of hydrogen-bond donors (Lipinski definition) is 0. The van der Waals surface area contributed by atoms with Gasteiger partial charge in [-0.15, -0.1) is 0 Å². The van der Waals surface area contributed by atoms with Gasteiger partial charge in [0.1, 0.15) is 15.0 Å². The molecule has 3 aliphatic rings. The largest absolute Gasteiger partial charge is 0.744 e. The summed E-state index contributed by atoms with van der Waals surface area (Å²) in [6.45, 7) is 0. The van der Waals surface area contributed by atoms with Gasteiger partial charge >= 0.3 is 10.1 Å². The number of hydrogen-bond acceptors (Lipinski definition) is 6. The molecule has 5 rings (SSSR count). The van der Waals surface area contributed by atoms with Crippen molar-refractivity contribution < 1.29 is 25.6 Å². The van der Waals surface area contributed by atoms with Crippen molar-refractivity contribution in [2.24, 2.45) is 0 Å². The van der Waals surface area contributed by atoms with Crippen molar-refractivity contribution in [2.45, 2.75) is 124 Å². The van der Waals surface area contributed by atoms with Crippen LogP contribution in [0.3, 0.4) is 0 Å². The van der Waals surface area contributed by atoms with Crippen LogP contribution >= 0.6 is 67.8 Å². The van der Waals surface area contributed by atoms with Crippen molar-refractivity contribution in [3.8, 4) is 5.75 Å². The van der Waals surface area contributed by atoms with Crippen LogP contribution in [0.1, 0.15) is 131 Å². The summed E-state index contributed by atoms with van der Waals surface area (Å²) in [6, 6.07) is 5.87. The molecule has 3 saturated carbocycles. The predicted molar refractivity (Wildman–Crippen MR) is 184 cm³/mol. The quantitative estimate of drug-likeness (QED) is 0.156. The van der Waals surface area contributed by atoms with Crippen LogP contribution in [0.5, 0.6) is 5.75 Å². The fraction of sp³-hybridized carbons (Fsp3) is 0.600. The Morgan fingerprint density at radius 3 is 1.49 bits per heavy atom. The van der Waals surface area contributed by atoms with Gasteiger partial charge in [-0.05, 0) is 147 Å². The molecule has 0 amide bonds. The van der Waals surface area contributed by atoms with Crippen molar-refractivity contribution >= 4 is 88.0 Å². The molecule has 226 valence electrons. The van der Waals surface area contributed by atoms with Crippen LogP contribution in [-0.2, 0) is 20.2 Å². The van der Waals surface area contributed by atoms with E-state index in [2.05, 4.69) is 12.1 Å². The van der Waals surface area contributed by atoms with E-state index in [1.165, 1.54) is 43.7 Å². The van der Waals surface area contributed by atoms with Gasteiger partial charge in [0.15, 0.2) is 5.75 Å².